The smallest absolute Gasteiger partial charge is 0.342 e. The summed E-state index contributed by atoms with van der Waals surface area (Å²) in [5, 5.41) is 13.3. The quantitative estimate of drug-likeness (QED) is 0.680. The number of esters is 1. The minimum Gasteiger partial charge on any atom is -0.463 e. The number of amides is 3. The molecule has 1 aromatic rings. The normalized spacial score (nSPS) is 11.6. The van der Waals surface area contributed by atoms with E-state index in [9.17, 15) is 14.4 Å². The third-order valence-electron chi connectivity index (χ3n) is 2.57. The van der Waals surface area contributed by atoms with Gasteiger partial charge in [0.05, 0.1) is 0 Å². The molecule has 1 heterocycles. The highest BCUT2D eigenvalue weighted by Gasteiger charge is 2.23. The number of imide groups is 1. The van der Waals surface area contributed by atoms with Crippen molar-refractivity contribution >= 4 is 17.9 Å². The number of carbonyl (C=O) groups is 3. The van der Waals surface area contributed by atoms with E-state index in [1.165, 1.54) is 19.9 Å². The number of carbonyl (C=O) groups excluding carboxylic acids is 3. The molecule has 0 radical (unpaired) electrons. The fourth-order valence-corrected chi connectivity index (χ4v) is 1.52. The lowest BCUT2D eigenvalue weighted by atomic mass is 10.2. The molecule has 0 unspecified atom stereocenters. The first-order valence-corrected chi connectivity index (χ1v) is 6.38. The number of aliphatic hydroxyl groups excluding tert-OH is 1. The van der Waals surface area contributed by atoms with Gasteiger partial charge in [-0.2, -0.15) is 0 Å². The van der Waals surface area contributed by atoms with E-state index in [0.717, 1.165) is 0 Å². The van der Waals surface area contributed by atoms with E-state index >= 15 is 0 Å². The molecule has 1 aromatic heterocycles. The topological polar surface area (TPSA) is 118 Å². The van der Waals surface area contributed by atoms with E-state index in [2.05, 4.69) is 5.32 Å². The van der Waals surface area contributed by atoms with Crippen LogP contribution >= 0.6 is 0 Å². The van der Waals surface area contributed by atoms with Gasteiger partial charge in [0, 0.05) is 6.54 Å². The van der Waals surface area contributed by atoms with Crippen LogP contribution in [0.5, 0.6) is 0 Å². The maximum Gasteiger partial charge on any atom is 0.342 e. The molecule has 0 fully saturated rings. The van der Waals surface area contributed by atoms with Crippen molar-refractivity contribution in [2.75, 3.05) is 6.54 Å². The van der Waals surface area contributed by atoms with Crippen LogP contribution in [0.25, 0.3) is 0 Å². The summed E-state index contributed by atoms with van der Waals surface area (Å²) in [7, 11) is 0. The zero-order chi connectivity index (χ0) is 16.0. The number of aliphatic hydroxyl groups is 1. The van der Waals surface area contributed by atoms with E-state index < -0.39 is 24.0 Å². The second-order valence-corrected chi connectivity index (χ2v) is 4.24. The molecule has 1 atom stereocenters. The molecule has 3 amide bonds. The van der Waals surface area contributed by atoms with Crippen LogP contribution in [0.15, 0.2) is 10.5 Å². The van der Waals surface area contributed by atoms with Crippen molar-refractivity contribution in [2.24, 2.45) is 0 Å². The number of hydrogen-bond acceptors (Lipinski definition) is 6. The average Bonchev–Trinajstić information content (AvgIpc) is 2.80. The number of aryl methyl sites for hydroxylation is 1. The lowest BCUT2D eigenvalue weighted by Crippen LogP contribution is -2.44. The molecule has 0 saturated carbocycles. The number of urea groups is 1. The summed E-state index contributed by atoms with van der Waals surface area (Å²) in [5.74, 6) is -1.01. The summed E-state index contributed by atoms with van der Waals surface area (Å²) >= 11 is 0. The van der Waals surface area contributed by atoms with Gasteiger partial charge in [0.15, 0.2) is 6.10 Å². The van der Waals surface area contributed by atoms with Gasteiger partial charge in [-0.3, -0.25) is 10.1 Å². The van der Waals surface area contributed by atoms with Gasteiger partial charge in [-0.05, 0) is 26.8 Å². The van der Waals surface area contributed by atoms with Gasteiger partial charge < -0.3 is 19.6 Å². The fraction of sp³-hybridized carbons (Fsp3) is 0.462. The standard InChI is InChI=1S/C13H18N2O6/c1-4-14-13(19)15-11(17)8(3)21-12(18)10-5-9(6-16)20-7(10)2/h5,8,16H,4,6H2,1-3H3,(H2,14,15,17,19)/t8-/m0/s1. The Labute approximate surface area is 121 Å². The SMILES string of the molecule is CCNC(=O)NC(=O)[C@H](C)OC(=O)c1cc(CO)oc1C. The van der Waals surface area contributed by atoms with Crippen molar-refractivity contribution in [3.63, 3.8) is 0 Å². The van der Waals surface area contributed by atoms with Gasteiger partial charge in [0.1, 0.15) is 23.7 Å². The Hall–Kier alpha value is -2.35. The van der Waals surface area contributed by atoms with Crippen molar-refractivity contribution in [3.8, 4) is 0 Å². The first-order valence-electron chi connectivity index (χ1n) is 6.38. The summed E-state index contributed by atoms with van der Waals surface area (Å²) in [5.41, 5.74) is 0.122. The third kappa shape index (κ3) is 4.60. The minimum absolute atomic E-state index is 0.122. The molecule has 21 heavy (non-hydrogen) atoms. The average molecular weight is 298 g/mol. The van der Waals surface area contributed by atoms with E-state index in [1.54, 1.807) is 6.92 Å². The zero-order valence-corrected chi connectivity index (χ0v) is 12.1. The van der Waals surface area contributed by atoms with E-state index in [-0.39, 0.29) is 23.7 Å². The molecule has 0 aliphatic carbocycles. The van der Waals surface area contributed by atoms with Crippen LogP contribution in [0.2, 0.25) is 0 Å². The van der Waals surface area contributed by atoms with E-state index in [0.29, 0.717) is 6.54 Å². The van der Waals surface area contributed by atoms with Crippen LogP contribution < -0.4 is 10.6 Å². The number of ether oxygens (including phenoxy) is 1. The largest absolute Gasteiger partial charge is 0.463 e. The highest BCUT2D eigenvalue weighted by molar-refractivity contribution is 5.98. The molecule has 116 valence electrons. The fourth-order valence-electron chi connectivity index (χ4n) is 1.52. The van der Waals surface area contributed by atoms with E-state index in [1.807, 2.05) is 5.32 Å². The molecule has 3 N–H and O–H groups in total. The maximum atomic E-state index is 11.9. The molecule has 0 aliphatic rings. The summed E-state index contributed by atoms with van der Waals surface area (Å²) in [4.78, 5) is 34.7. The number of furan rings is 1. The first kappa shape index (κ1) is 16.7. The minimum atomic E-state index is -1.15. The maximum absolute atomic E-state index is 11.9. The molecule has 0 aromatic carbocycles. The predicted octanol–water partition coefficient (Wildman–Crippen LogP) is 0.471. The third-order valence-corrected chi connectivity index (χ3v) is 2.57. The Morgan fingerprint density at radius 3 is 2.62 bits per heavy atom. The van der Waals surface area contributed by atoms with Crippen LogP contribution in [-0.2, 0) is 16.1 Å². The van der Waals surface area contributed by atoms with Crippen molar-refractivity contribution < 1.29 is 28.6 Å². The number of rotatable bonds is 5. The Bertz CT molecular complexity index is 537. The predicted molar refractivity (Wildman–Crippen MR) is 71.5 cm³/mol. The Balaban J connectivity index is 2.62. The van der Waals surface area contributed by atoms with Crippen molar-refractivity contribution in [1.82, 2.24) is 10.6 Å². The molecule has 0 spiro atoms. The highest BCUT2D eigenvalue weighted by Crippen LogP contribution is 2.16. The molecule has 0 saturated heterocycles. The monoisotopic (exact) mass is 298 g/mol. The Morgan fingerprint density at radius 2 is 2.10 bits per heavy atom. The van der Waals surface area contributed by atoms with Crippen LogP contribution in [0.3, 0.4) is 0 Å². The van der Waals surface area contributed by atoms with Gasteiger partial charge >= 0.3 is 12.0 Å². The summed E-state index contributed by atoms with van der Waals surface area (Å²) < 4.78 is 10.1. The second kappa shape index (κ2) is 7.44. The van der Waals surface area contributed by atoms with Crippen LogP contribution in [0.1, 0.15) is 35.7 Å². The van der Waals surface area contributed by atoms with Gasteiger partial charge in [-0.1, -0.05) is 0 Å². The van der Waals surface area contributed by atoms with Crippen LogP contribution in [0.4, 0.5) is 4.79 Å². The number of nitrogens with one attached hydrogen (secondary N) is 2. The summed E-state index contributed by atoms with van der Waals surface area (Å²) in [6.45, 7) is 4.60. The van der Waals surface area contributed by atoms with Crippen molar-refractivity contribution in [3.05, 3.63) is 23.2 Å². The first-order chi connectivity index (χ1) is 9.88. The molecule has 0 aliphatic heterocycles. The summed E-state index contributed by atoms with van der Waals surface area (Å²) in [6.07, 6.45) is -1.15. The Kier molecular flexibility index (Phi) is 5.92. The molecule has 8 nitrogen and oxygen atoms in total. The number of hydrogen-bond donors (Lipinski definition) is 3. The zero-order valence-electron chi connectivity index (χ0n) is 12.1. The van der Waals surface area contributed by atoms with Gasteiger partial charge in [-0.15, -0.1) is 0 Å². The lowest BCUT2D eigenvalue weighted by Gasteiger charge is -2.12. The van der Waals surface area contributed by atoms with Gasteiger partial charge in [-0.25, -0.2) is 9.59 Å². The second-order valence-electron chi connectivity index (χ2n) is 4.24. The molecule has 1 rings (SSSR count). The van der Waals surface area contributed by atoms with Gasteiger partial charge in [0.2, 0.25) is 0 Å². The Morgan fingerprint density at radius 1 is 1.43 bits per heavy atom. The van der Waals surface area contributed by atoms with Crippen LogP contribution in [-0.4, -0.2) is 35.7 Å². The van der Waals surface area contributed by atoms with Crippen LogP contribution in [0, 0.1) is 6.92 Å². The molecule has 8 heteroatoms. The van der Waals surface area contributed by atoms with Crippen molar-refractivity contribution in [2.45, 2.75) is 33.5 Å². The summed E-state index contributed by atoms with van der Waals surface area (Å²) in [6, 6.07) is 0.680. The van der Waals surface area contributed by atoms with E-state index in [4.69, 9.17) is 14.3 Å². The molecular weight excluding hydrogens is 280 g/mol. The van der Waals surface area contributed by atoms with Gasteiger partial charge in [0.25, 0.3) is 5.91 Å². The highest BCUT2D eigenvalue weighted by atomic mass is 16.5. The lowest BCUT2D eigenvalue weighted by molar-refractivity contribution is -0.127. The molecule has 0 bridgehead atoms. The molecular formula is C13H18N2O6. The van der Waals surface area contributed by atoms with Crippen molar-refractivity contribution in [1.29, 1.82) is 0 Å².